The molecule has 0 saturated carbocycles. The van der Waals surface area contributed by atoms with Crippen molar-refractivity contribution < 1.29 is 18.8 Å². The maximum atomic E-state index is 5.48. The van der Waals surface area contributed by atoms with Gasteiger partial charge in [0.25, 0.3) is 0 Å². The molecule has 24 heavy (non-hydrogen) atoms. The van der Waals surface area contributed by atoms with E-state index in [1.54, 1.807) is 21.3 Å². The summed E-state index contributed by atoms with van der Waals surface area (Å²) < 4.78 is 18.6. The second-order valence-electron chi connectivity index (χ2n) is 5.91. The molecular weight excluding hydrogens is 302 g/mol. The second-order valence-corrected chi connectivity index (χ2v) is 5.91. The molecule has 0 fully saturated rings. The minimum atomic E-state index is 0.763. The fraction of sp³-hybridized carbons (Fsp3) is 0.250. The van der Waals surface area contributed by atoms with Gasteiger partial charge in [-0.05, 0) is 35.9 Å². The van der Waals surface area contributed by atoms with E-state index in [4.69, 9.17) is 14.2 Å². The van der Waals surface area contributed by atoms with Crippen molar-refractivity contribution in [1.29, 1.82) is 0 Å². The largest absolute Gasteiger partial charge is 0.497 e. The number of aryl methyl sites for hydroxylation is 2. The van der Waals surface area contributed by atoms with Gasteiger partial charge in [0.2, 0.25) is 11.2 Å². The molecule has 0 N–H and O–H groups in total. The van der Waals surface area contributed by atoms with Crippen LogP contribution >= 0.6 is 0 Å². The normalized spacial score (nSPS) is 12.5. The number of ether oxygens (including phenoxy) is 3. The molecule has 122 valence electrons. The maximum absolute atomic E-state index is 5.48. The summed E-state index contributed by atoms with van der Waals surface area (Å²) in [6.07, 6.45) is 0.971. The Balaban J connectivity index is 1.94. The molecule has 1 aliphatic rings. The first kappa shape index (κ1) is 14.8. The molecule has 2 aromatic carbocycles. The number of aromatic nitrogens is 1. The molecule has 4 nitrogen and oxygen atoms in total. The van der Waals surface area contributed by atoms with Gasteiger partial charge in [0, 0.05) is 18.6 Å². The average Bonchev–Trinajstić information content (AvgIpc) is 2.65. The number of methoxy groups -OCH3 is 3. The Morgan fingerprint density at radius 3 is 2.38 bits per heavy atom. The third kappa shape index (κ3) is 2.18. The molecule has 0 amide bonds. The van der Waals surface area contributed by atoms with Crippen LogP contribution in [0.1, 0.15) is 5.56 Å². The number of rotatable bonds is 3. The van der Waals surface area contributed by atoms with E-state index in [-0.39, 0.29) is 0 Å². The molecule has 4 heteroatoms. The second kappa shape index (κ2) is 5.71. The van der Waals surface area contributed by atoms with Crippen LogP contribution in [0.25, 0.3) is 22.2 Å². The molecular formula is C20H20NO3+. The van der Waals surface area contributed by atoms with Crippen LogP contribution in [0.2, 0.25) is 0 Å². The van der Waals surface area contributed by atoms with Gasteiger partial charge in [0.05, 0.1) is 32.3 Å². The van der Waals surface area contributed by atoms with Crippen LogP contribution in [0, 0.1) is 0 Å². The Bertz CT molecular complexity index is 934. The van der Waals surface area contributed by atoms with Gasteiger partial charge in [-0.25, -0.2) is 0 Å². The number of nitrogens with zero attached hydrogens (tertiary/aromatic N) is 1. The molecule has 3 aromatic rings. The summed E-state index contributed by atoms with van der Waals surface area (Å²) in [7, 11) is 5.05. The van der Waals surface area contributed by atoms with Crippen LogP contribution in [0.3, 0.4) is 0 Å². The van der Waals surface area contributed by atoms with Crippen LogP contribution in [0.15, 0.2) is 42.5 Å². The van der Waals surface area contributed by atoms with Gasteiger partial charge in [0.15, 0.2) is 18.0 Å². The van der Waals surface area contributed by atoms with E-state index in [1.807, 2.05) is 6.07 Å². The van der Waals surface area contributed by atoms with Gasteiger partial charge in [-0.1, -0.05) is 0 Å². The van der Waals surface area contributed by atoms with E-state index in [0.29, 0.717) is 0 Å². The lowest BCUT2D eigenvalue weighted by atomic mass is 9.95. The minimum Gasteiger partial charge on any atom is -0.497 e. The van der Waals surface area contributed by atoms with Gasteiger partial charge >= 0.3 is 0 Å². The molecule has 0 unspecified atom stereocenters. The number of fused-ring (bicyclic) bond motifs is 5. The summed E-state index contributed by atoms with van der Waals surface area (Å²) >= 11 is 0. The summed E-state index contributed by atoms with van der Waals surface area (Å²) in [5.41, 5.74) is 4.92. The van der Waals surface area contributed by atoms with E-state index in [1.165, 1.54) is 27.7 Å². The maximum Gasteiger partial charge on any atom is 0.213 e. The van der Waals surface area contributed by atoms with E-state index in [2.05, 4.69) is 41.0 Å². The first-order chi connectivity index (χ1) is 11.7. The number of benzene rings is 2. The zero-order valence-corrected chi connectivity index (χ0v) is 14.1. The average molecular weight is 322 g/mol. The van der Waals surface area contributed by atoms with E-state index in [9.17, 15) is 0 Å². The van der Waals surface area contributed by atoms with Crippen LogP contribution in [0.4, 0.5) is 0 Å². The molecule has 0 spiro atoms. The van der Waals surface area contributed by atoms with Crippen molar-refractivity contribution >= 4 is 10.9 Å². The monoisotopic (exact) mass is 322 g/mol. The Hall–Kier alpha value is -2.75. The SMILES string of the molecule is COc1ccc2c(ccc3[n+]2CCc2cc(OC)c(OC)cc2-3)c1. The molecule has 1 aliphatic heterocycles. The lowest BCUT2D eigenvalue weighted by molar-refractivity contribution is -0.661. The zero-order valence-electron chi connectivity index (χ0n) is 14.1. The van der Waals surface area contributed by atoms with Gasteiger partial charge in [-0.2, -0.15) is 4.57 Å². The van der Waals surface area contributed by atoms with Crippen LogP contribution in [0.5, 0.6) is 17.2 Å². The van der Waals surface area contributed by atoms with Crippen LogP contribution in [-0.2, 0) is 13.0 Å². The molecule has 0 saturated heterocycles. The van der Waals surface area contributed by atoms with E-state index >= 15 is 0 Å². The van der Waals surface area contributed by atoms with Crippen molar-refractivity contribution in [3.63, 3.8) is 0 Å². The fourth-order valence-corrected chi connectivity index (χ4v) is 3.50. The van der Waals surface area contributed by atoms with E-state index < -0.39 is 0 Å². The predicted octanol–water partition coefficient (Wildman–Crippen LogP) is 3.38. The predicted molar refractivity (Wildman–Crippen MR) is 92.9 cm³/mol. The summed E-state index contributed by atoms with van der Waals surface area (Å²) in [6.45, 7) is 0.946. The summed E-state index contributed by atoms with van der Waals surface area (Å²) in [5, 5.41) is 1.18. The van der Waals surface area contributed by atoms with Crippen LogP contribution < -0.4 is 18.8 Å². The highest BCUT2D eigenvalue weighted by atomic mass is 16.5. The quantitative estimate of drug-likeness (QED) is 0.693. The lowest BCUT2D eigenvalue weighted by Crippen LogP contribution is -2.41. The molecule has 4 rings (SSSR count). The van der Waals surface area contributed by atoms with E-state index in [0.717, 1.165) is 30.2 Å². The minimum absolute atomic E-state index is 0.763. The van der Waals surface area contributed by atoms with Crippen molar-refractivity contribution in [1.82, 2.24) is 0 Å². The third-order valence-electron chi connectivity index (χ3n) is 4.73. The molecule has 0 atom stereocenters. The van der Waals surface area contributed by atoms with Crippen molar-refractivity contribution in [2.24, 2.45) is 0 Å². The summed E-state index contributed by atoms with van der Waals surface area (Å²) in [5.74, 6) is 2.43. The molecule has 0 aliphatic carbocycles. The highest BCUT2D eigenvalue weighted by molar-refractivity contribution is 5.80. The number of hydrogen-bond acceptors (Lipinski definition) is 3. The Morgan fingerprint density at radius 2 is 1.62 bits per heavy atom. The highest BCUT2D eigenvalue weighted by Crippen LogP contribution is 2.37. The van der Waals surface area contributed by atoms with Gasteiger partial charge < -0.3 is 14.2 Å². The van der Waals surface area contributed by atoms with Crippen molar-refractivity contribution in [2.75, 3.05) is 21.3 Å². The molecule has 0 radical (unpaired) electrons. The fourth-order valence-electron chi connectivity index (χ4n) is 3.50. The molecule has 1 aromatic heterocycles. The van der Waals surface area contributed by atoms with Gasteiger partial charge in [-0.3, -0.25) is 0 Å². The Morgan fingerprint density at radius 1 is 0.833 bits per heavy atom. The van der Waals surface area contributed by atoms with Gasteiger partial charge in [0.1, 0.15) is 5.75 Å². The molecule has 0 bridgehead atoms. The highest BCUT2D eigenvalue weighted by Gasteiger charge is 2.27. The standard InChI is InChI=1S/C20H20NO3/c1-22-15-5-7-17-14(10-15)4-6-18-16-12-20(24-3)19(23-2)11-13(16)8-9-21(17)18/h4-7,10-12H,8-9H2,1-3H3/q+1. The summed E-state index contributed by atoms with van der Waals surface area (Å²) in [6, 6.07) is 14.7. The van der Waals surface area contributed by atoms with Crippen molar-refractivity contribution in [3.8, 4) is 28.5 Å². The summed E-state index contributed by atoms with van der Waals surface area (Å²) in [4.78, 5) is 0. The molecule has 2 heterocycles. The number of hydrogen-bond donors (Lipinski definition) is 0. The smallest absolute Gasteiger partial charge is 0.213 e. The number of pyridine rings is 1. The topological polar surface area (TPSA) is 31.6 Å². The Labute approximate surface area is 141 Å². The first-order valence-corrected chi connectivity index (χ1v) is 8.01. The first-order valence-electron chi connectivity index (χ1n) is 8.01. The Kier molecular flexibility index (Phi) is 3.53. The van der Waals surface area contributed by atoms with Crippen molar-refractivity contribution in [2.45, 2.75) is 13.0 Å². The zero-order chi connectivity index (χ0) is 16.7. The third-order valence-corrected chi connectivity index (χ3v) is 4.73. The van der Waals surface area contributed by atoms with Crippen LogP contribution in [-0.4, -0.2) is 21.3 Å². The van der Waals surface area contributed by atoms with Crippen molar-refractivity contribution in [3.05, 3.63) is 48.0 Å². The lowest BCUT2D eigenvalue weighted by Gasteiger charge is -2.18. The van der Waals surface area contributed by atoms with Gasteiger partial charge in [-0.15, -0.1) is 0 Å².